The molecule has 0 aliphatic carbocycles. The van der Waals surface area contributed by atoms with Crippen LogP contribution in [0.5, 0.6) is 5.75 Å². The average Bonchev–Trinajstić information content (AvgIpc) is 2.72. The number of hydrogen-bond donors (Lipinski definition) is 1. The van der Waals surface area contributed by atoms with Crippen molar-refractivity contribution >= 4 is 27.1 Å². The van der Waals surface area contributed by atoms with Crippen molar-refractivity contribution in [1.29, 1.82) is 0 Å². The summed E-state index contributed by atoms with van der Waals surface area (Å²) in [5.74, 6) is 0.704. The molecule has 0 aliphatic heterocycles. The van der Waals surface area contributed by atoms with Crippen LogP contribution in [0.4, 0.5) is 11.4 Å². The van der Waals surface area contributed by atoms with Crippen LogP contribution >= 0.6 is 0 Å². The maximum absolute atomic E-state index is 12.6. The molecule has 0 heterocycles. The first-order valence-corrected chi connectivity index (χ1v) is 10.4. The Morgan fingerprint density at radius 3 is 2.31 bits per heavy atom. The van der Waals surface area contributed by atoms with Crippen LogP contribution in [0.25, 0.3) is 0 Å². The van der Waals surface area contributed by atoms with Crippen molar-refractivity contribution < 1.29 is 18.1 Å². The third-order valence-electron chi connectivity index (χ3n) is 4.36. The molecule has 156 valence electrons. The minimum atomic E-state index is -3.80. The second-order valence-corrected chi connectivity index (χ2v) is 8.00. The highest BCUT2D eigenvalue weighted by atomic mass is 32.2. The number of nitro groups is 1. The Labute approximate surface area is 170 Å². The van der Waals surface area contributed by atoms with Crippen molar-refractivity contribution in [1.82, 2.24) is 4.31 Å². The standard InChI is InChI=1S/C19H24N4O5S/c1-5-22(6-2)29(26,27)17-11-12-18(19(13-17)23(24)25)21-20-14(3)15-7-9-16(28-4)10-8-15/h7-13,21H,5-6H2,1-4H3/b20-14+. The molecule has 0 bridgehead atoms. The van der Waals surface area contributed by atoms with Crippen molar-refractivity contribution in [2.45, 2.75) is 25.7 Å². The Morgan fingerprint density at radius 1 is 1.17 bits per heavy atom. The SMILES string of the molecule is CCN(CC)S(=O)(=O)c1ccc(N/N=C(\C)c2ccc(OC)cc2)c([N+](=O)[O-])c1. The van der Waals surface area contributed by atoms with Crippen LogP contribution < -0.4 is 10.2 Å². The van der Waals surface area contributed by atoms with E-state index in [1.165, 1.54) is 16.4 Å². The Bertz CT molecular complexity index is 1000. The van der Waals surface area contributed by atoms with E-state index in [0.717, 1.165) is 11.6 Å². The van der Waals surface area contributed by atoms with Gasteiger partial charge in [0.15, 0.2) is 0 Å². The molecule has 0 unspecified atom stereocenters. The van der Waals surface area contributed by atoms with E-state index in [1.54, 1.807) is 40.0 Å². The van der Waals surface area contributed by atoms with E-state index in [4.69, 9.17) is 4.74 Å². The van der Waals surface area contributed by atoms with Crippen LogP contribution in [0.15, 0.2) is 52.5 Å². The first kappa shape index (κ1) is 22.3. The maximum atomic E-state index is 12.6. The lowest BCUT2D eigenvalue weighted by Crippen LogP contribution is -2.30. The molecule has 0 saturated heterocycles. The molecule has 0 saturated carbocycles. The van der Waals surface area contributed by atoms with Gasteiger partial charge in [0.2, 0.25) is 10.0 Å². The van der Waals surface area contributed by atoms with E-state index >= 15 is 0 Å². The summed E-state index contributed by atoms with van der Waals surface area (Å²) in [7, 11) is -2.23. The van der Waals surface area contributed by atoms with Gasteiger partial charge in [-0.3, -0.25) is 15.5 Å². The third kappa shape index (κ3) is 5.09. The second kappa shape index (κ2) is 9.48. The fraction of sp³-hybridized carbons (Fsp3) is 0.316. The van der Waals surface area contributed by atoms with Crippen molar-refractivity contribution in [3.63, 3.8) is 0 Å². The first-order valence-electron chi connectivity index (χ1n) is 8.97. The number of anilines is 1. The smallest absolute Gasteiger partial charge is 0.295 e. The number of rotatable bonds is 9. The lowest BCUT2D eigenvalue weighted by atomic mass is 10.1. The molecule has 1 N–H and O–H groups in total. The van der Waals surface area contributed by atoms with Crippen LogP contribution in [0.1, 0.15) is 26.3 Å². The molecule has 10 heteroatoms. The minimum Gasteiger partial charge on any atom is -0.497 e. The molecule has 0 amide bonds. The highest BCUT2D eigenvalue weighted by Crippen LogP contribution is 2.29. The molecular weight excluding hydrogens is 396 g/mol. The summed E-state index contributed by atoms with van der Waals surface area (Å²) in [6.45, 7) is 5.72. The van der Waals surface area contributed by atoms with Gasteiger partial charge in [-0.15, -0.1) is 0 Å². The molecule has 0 aliphatic rings. The van der Waals surface area contributed by atoms with Gasteiger partial charge in [-0.2, -0.15) is 9.41 Å². The van der Waals surface area contributed by atoms with E-state index in [-0.39, 0.29) is 29.4 Å². The van der Waals surface area contributed by atoms with E-state index in [0.29, 0.717) is 11.5 Å². The maximum Gasteiger partial charge on any atom is 0.295 e. The molecule has 2 rings (SSSR count). The molecule has 0 spiro atoms. The van der Waals surface area contributed by atoms with Crippen molar-refractivity contribution in [3.05, 3.63) is 58.1 Å². The zero-order valence-electron chi connectivity index (χ0n) is 16.7. The van der Waals surface area contributed by atoms with E-state index in [1.807, 2.05) is 12.1 Å². The van der Waals surface area contributed by atoms with Gasteiger partial charge in [0, 0.05) is 19.2 Å². The first-order chi connectivity index (χ1) is 13.7. The zero-order valence-corrected chi connectivity index (χ0v) is 17.6. The predicted octanol–water partition coefficient (Wildman–Crippen LogP) is 3.47. The predicted molar refractivity (Wildman–Crippen MR) is 112 cm³/mol. The number of sulfonamides is 1. The summed E-state index contributed by atoms with van der Waals surface area (Å²) in [5, 5.41) is 15.7. The molecule has 0 radical (unpaired) electrons. The summed E-state index contributed by atoms with van der Waals surface area (Å²) in [6, 6.07) is 10.9. The molecule has 0 aromatic heterocycles. The van der Waals surface area contributed by atoms with Crippen LogP contribution in [0.3, 0.4) is 0 Å². The van der Waals surface area contributed by atoms with Gasteiger partial charge in [0.1, 0.15) is 11.4 Å². The molecule has 9 nitrogen and oxygen atoms in total. The topological polar surface area (TPSA) is 114 Å². The van der Waals surface area contributed by atoms with Gasteiger partial charge in [-0.1, -0.05) is 13.8 Å². The highest BCUT2D eigenvalue weighted by Gasteiger charge is 2.25. The average molecular weight is 420 g/mol. The van der Waals surface area contributed by atoms with E-state index in [9.17, 15) is 18.5 Å². The molecule has 29 heavy (non-hydrogen) atoms. The Hall–Kier alpha value is -2.98. The second-order valence-electron chi connectivity index (χ2n) is 6.06. The summed E-state index contributed by atoms with van der Waals surface area (Å²) in [6.07, 6.45) is 0. The number of methoxy groups -OCH3 is 1. The third-order valence-corrected chi connectivity index (χ3v) is 6.41. The van der Waals surface area contributed by atoms with Gasteiger partial charge < -0.3 is 4.74 Å². The molecule has 2 aromatic rings. The van der Waals surface area contributed by atoms with E-state index in [2.05, 4.69) is 10.5 Å². The Kier molecular flexibility index (Phi) is 7.29. The highest BCUT2D eigenvalue weighted by molar-refractivity contribution is 7.89. The number of ether oxygens (including phenoxy) is 1. The molecule has 0 atom stereocenters. The van der Waals surface area contributed by atoms with Crippen LogP contribution in [0, 0.1) is 10.1 Å². The Morgan fingerprint density at radius 2 is 1.79 bits per heavy atom. The zero-order chi connectivity index (χ0) is 21.6. The normalized spacial score (nSPS) is 12.1. The fourth-order valence-corrected chi connectivity index (χ4v) is 4.15. The number of nitrogens with zero attached hydrogens (tertiary/aromatic N) is 3. The van der Waals surface area contributed by atoms with Crippen molar-refractivity contribution in [2.75, 3.05) is 25.6 Å². The number of nitrogens with one attached hydrogen (secondary N) is 1. The summed E-state index contributed by atoms with van der Waals surface area (Å²) in [5.41, 5.74) is 3.80. The molecule has 2 aromatic carbocycles. The van der Waals surface area contributed by atoms with Gasteiger partial charge >= 0.3 is 0 Å². The fourth-order valence-electron chi connectivity index (χ4n) is 2.67. The number of hydrazone groups is 1. The summed E-state index contributed by atoms with van der Waals surface area (Å²) in [4.78, 5) is 10.7. The van der Waals surface area contributed by atoms with Crippen LogP contribution in [0.2, 0.25) is 0 Å². The number of nitro benzene ring substituents is 1. The van der Waals surface area contributed by atoms with Gasteiger partial charge in [-0.25, -0.2) is 8.42 Å². The minimum absolute atomic E-state index is 0.0985. The lowest BCUT2D eigenvalue weighted by Gasteiger charge is -2.18. The van der Waals surface area contributed by atoms with Crippen molar-refractivity contribution in [2.24, 2.45) is 5.10 Å². The van der Waals surface area contributed by atoms with Gasteiger partial charge in [0.25, 0.3) is 5.69 Å². The van der Waals surface area contributed by atoms with Gasteiger partial charge in [0.05, 0.1) is 22.6 Å². The van der Waals surface area contributed by atoms with Crippen molar-refractivity contribution in [3.8, 4) is 5.75 Å². The Balaban J connectivity index is 2.34. The summed E-state index contributed by atoms with van der Waals surface area (Å²) < 4.78 is 31.6. The van der Waals surface area contributed by atoms with E-state index < -0.39 is 14.9 Å². The lowest BCUT2D eigenvalue weighted by molar-refractivity contribution is -0.384. The molecule has 0 fully saturated rings. The van der Waals surface area contributed by atoms with Crippen LogP contribution in [-0.2, 0) is 10.0 Å². The quantitative estimate of drug-likeness (QED) is 0.377. The largest absolute Gasteiger partial charge is 0.497 e. The monoisotopic (exact) mass is 420 g/mol. The van der Waals surface area contributed by atoms with Gasteiger partial charge in [-0.05, 0) is 48.9 Å². The van der Waals surface area contributed by atoms with Crippen LogP contribution in [-0.4, -0.2) is 43.6 Å². The number of hydrogen-bond acceptors (Lipinski definition) is 7. The number of benzene rings is 2. The molecular formula is C19H24N4O5S. The summed E-state index contributed by atoms with van der Waals surface area (Å²) >= 11 is 0.